The number of aromatic nitrogens is 5. The van der Waals surface area contributed by atoms with E-state index in [2.05, 4.69) is 20.2 Å². The van der Waals surface area contributed by atoms with Crippen LogP contribution in [0.4, 0.5) is 0 Å². The zero-order valence-corrected chi connectivity index (χ0v) is 6.68. The summed E-state index contributed by atoms with van der Waals surface area (Å²) in [4.78, 5) is 7.67. The number of nitrogens with zero attached hydrogens (tertiary/aromatic N) is 5. The molecule has 0 aliphatic carbocycles. The van der Waals surface area contributed by atoms with E-state index in [1.54, 1.807) is 17.0 Å². The second-order valence-electron chi connectivity index (χ2n) is 2.07. The van der Waals surface area contributed by atoms with Crippen LogP contribution < -0.4 is 0 Å². The predicted molar refractivity (Wildman–Crippen MR) is 42.0 cm³/mol. The van der Waals surface area contributed by atoms with Crippen molar-refractivity contribution in [3.63, 3.8) is 0 Å². The summed E-state index contributed by atoms with van der Waals surface area (Å²) in [6.07, 6.45) is 6.20. The second-order valence-corrected chi connectivity index (χ2v) is 2.40. The average Bonchev–Trinajstić information content (AvgIpc) is 2.53. The normalized spacial score (nSPS) is 10.1. The van der Waals surface area contributed by atoms with E-state index in [4.69, 9.17) is 11.6 Å². The van der Waals surface area contributed by atoms with Crippen molar-refractivity contribution in [2.24, 2.45) is 0 Å². The summed E-state index contributed by atoms with van der Waals surface area (Å²) in [6.45, 7) is 0. The Morgan fingerprint density at radius 2 is 2.00 bits per heavy atom. The molecule has 2 aromatic rings. The van der Waals surface area contributed by atoms with Gasteiger partial charge < -0.3 is 0 Å². The average molecular weight is 182 g/mol. The third-order valence-corrected chi connectivity index (χ3v) is 1.59. The largest absolute Gasteiger partial charge is 0.269 e. The van der Waals surface area contributed by atoms with E-state index in [0.717, 1.165) is 5.69 Å². The van der Waals surface area contributed by atoms with Crippen LogP contribution in [0.2, 0.25) is 5.28 Å². The highest BCUT2D eigenvalue weighted by molar-refractivity contribution is 6.28. The van der Waals surface area contributed by atoms with Crippen molar-refractivity contribution in [1.29, 1.82) is 0 Å². The maximum Gasteiger partial charge on any atom is 0.229 e. The fourth-order valence-electron chi connectivity index (χ4n) is 0.810. The van der Waals surface area contributed by atoms with E-state index in [9.17, 15) is 0 Å². The van der Waals surface area contributed by atoms with Crippen LogP contribution in [0.5, 0.6) is 0 Å². The fourth-order valence-corrected chi connectivity index (χ4v) is 0.995. The van der Waals surface area contributed by atoms with Crippen molar-refractivity contribution in [3.05, 3.63) is 30.3 Å². The first-order chi connectivity index (χ1) is 5.88. The first-order valence-corrected chi connectivity index (χ1v) is 3.56. The van der Waals surface area contributed by atoms with Crippen LogP contribution >= 0.6 is 11.6 Å². The molecule has 0 aliphatic heterocycles. The topological polar surface area (TPSA) is 56.5 Å². The van der Waals surface area contributed by atoms with Crippen LogP contribution in [0.25, 0.3) is 5.69 Å². The molecular formula is C6H4ClN5. The molecule has 2 aromatic heterocycles. The predicted octanol–water partition coefficient (Wildman–Crippen LogP) is 0.711. The minimum Gasteiger partial charge on any atom is -0.269 e. The lowest BCUT2D eigenvalue weighted by molar-refractivity contribution is 1.01. The molecule has 0 aromatic carbocycles. The van der Waals surface area contributed by atoms with Crippen molar-refractivity contribution in [2.45, 2.75) is 0 Å². The van der Waals surface area contributed by atoms with Gasteiger partial charge in [0.05, 0.1) is 18.1 Å². The van der Waals surface area contributed by atoms with Crippen LogP contribution in [0, 0.1) is 0 Å². The molecule has 0 radical (unpaired) electrons. The van der Waals surface area contributed by atoms with Gasteiger partial charge in [0.1, 0.15) is 12.7 Å². The zero-order chi connectivity index (χ0) is 8.39. The van der Waals surface area contributed by atoms with Crippen LogP contribution in [-0.4, -0.2) is 24.7 Å². The molecule has 0 amide bonds. The fraction of sp³-hybridized carbons (Fsp3) is 0. The molecule has 0 spiro atoms. The van der Waals surface area contributed by atoms with Crippen molar-refractivity contribution in [2.75, 3.05) is 0 Å². The molecular weight excluding hydrogens is 178 g/mol. The minimum atomic E-state index is 0.296. The van der Waals surface area contributed by atoms with Gasteiger partial charge in [-0.3, -0.25) is 4.57 Å². The maximum atomic E-state index is 5.71. The minimum absolute atomic E-state index is 0.296. The van der Waals surface area contributed by atoms with E-state index >= 15 is 0 Å². The van der Waals surface area contributed by atoms with Gasteiger partial charge in [-0.25, -0.2) is 9.97 Å². The highest BCUT2D eigenvalue weighted by Gasteiger charge is 2.01. The van der Waals surface area contributed by atoms with E-state index in [1.165, 1.54) is 12.7 Å². The van der Waals surface area contributed by atoms with Crippen LogP contribution in [0.15, 0.2) is 25.0 Å². The molecule has 5 nitrogen and oxygen atoms in total. The smallest absolute Gasteiger partial charge is 0.229 e. The quantitative estimate of drug-likeness (QED) is 0.650. The third-order valence-electron chi connectivity index (χ3n) is 1.33. The molecule has 0 aliphatic rings. The number of hydrogen-bond acceptors (Lipinski definition) is 4. The van der Waals surface area contributed by atoms with E-state index in [0.29, 0.717) is 5.28 Å². The molecule has 60 valence electrons. The van der Waals surface area contributed by atoms with E-state index in [1.807, 2.05) is 0 Å². The Bertz CT molecular complexity index is 370. The summed E-state index contributed by atoms with van der Waals surface area (Å²) < 4.78 is 1.58. The Hall–Kier alpha value is -1.49. The summed E-state index contributed by atoms with van der Waals surface area (Å²) in [5.41, 5.74) is 0.743. The first kappa shape index (κ1) is 7.17. The summed E-state index contributed by atoms with van der Waals surface area (Å²) >= 11 is 5.71. The molecule has 2 rings (SSSR count). The van der Waals surface area contributed by atoms with Crippen LogP contribution in [-0.2, 0) is 0 Å². The number of rotatable bonds is 1. The highest BCUT2D eigenvalue weighted by atomic mass is 35.5. The zero-order valence-electron chi connectivity index (χ0n) is 5.92. The van der Waals surface area contributed by atoms with Gasteiger partial charge in [0, 0.05) is 0 Å². The molecule has 0 unspecified atom stereocenters. The van der Waals surface area contributed by atoms with Crippen molar-refractivity contribution in [3.8, 4) is 5.69 Å². The Labute approximate surface area is 73.1 Å². The lowest BCUT2D eigenvalue weighted by atomic mass is 10.5. The van der Waals surface area contributed by atoms with Gasteiger partial charge in [0.25, 0.3) is 0 Å². The lowest BCUT2D eigenvalue weighted by Crippen LogP contribution is -1.93. The van der Waals surface area contributed by atoms with Crippen LogP contribution in [0.1, 0.15) is 0 Å². The molecule has 0 N–H and O–H groups in total. The molecule has 0 saturated heterocycles. The van der Waals surface area contributed by atoms with Gasteiger partial charge in [-0.1, -0.05) is 0 Å². The van der Waals surface area contributed by atoms with Gasteiger partial charge in [0.15, 0.2) is 0 Å². The van der Waals surface area contributed by atoms with Crippen LogP contribution in [0.3, 0.4) is 0 Å². The first-order valence-electron chi connectivity index (χ1n) is 3.19. The standard InChI is InChI=1S/C6H4ClN5/c7-6-11-10-4-12(6)5-1-8-3-9-2-5/h1-4H. The van der Waals surface area contributed by atoms with Crippen molar-refractivity contribution in [1.82, 2.24) is 24.7 Å². The van der Waals surface area contributed by atoms with Crippen molar-refractivity contribution >= 4 is 11.6 Å². The summed E-state index contributed by atoms with van der Waals surface area (Å²) in [6, 6.07) is 0. The number of hydrogen-bond donors (Lipinski definition) is 0. The molecule has 0 saturated carbocycles. The Kier molecular flexibility index (Phi) is 1.71. The second kappa shape index (κ2) is 2.86. The van der Waals surface area contributed by atoms with Crippen molar-refractivity contribution < 1.29 is 0 Å². The molecule has 2 heterocycles. The van der Waals surface area contributed by atoms with Gasteiger partial charge in [-0.05, 0) is 11.6 Å². The highest BCUT2D eigenvalue weighted by Crippen LogP contribution is 2.09. The SMILES string of the molecule is Clc1nncn1-c1cncnc1. The Morgan fingerprint density at radius 3 is 2.58 bits per heavy atom. The summed E-state index contributed by atoms with van der Waals surface area (Å²) in [7, 11) is 0. The van der Waals surface area contributed by atoms with Gasteiger partial charge >= 0.3 is 0 Å². The summed E-state index contributed by atoms with van der Waals surface area (Å²) in [5.74, 6) is 0. The maximum absolute atomic E-state index is 5.71. The molecule has 0 atom stereocenters. The molecule has 12 heavy (non-hydrogen) atoms. The monoisotopic (exact) mass is 181 g/mol. The Morgan fingerprint density at radius 1 is 1.25 bits per heavy atom. The molecule has 6 heteroatoms. The molecule has 0 bridgehead atoms. The van der Waals surface area contributed by atoms with Gasteiger partial charge in [0.2, 0.25) is 5.28 Å². The van der Waals surface area contributed by atoms with Gasteiger partial charge in [-0.2, -0.15) is 0 Å². The Balaban J connectivity index is 2.51. The third kappa shape index (κ3) is 1.14. The lowest BCUT2D eigenvalue weighted by Gasteiger charge is -1.98. The summed E-state index contributed by atoms with van der Waals surface area (Å²) in [5, 5.41) is 7.54. The van der Waals surface area contributed by atoms with E-state index < -0.39 is 0 Å². The van der Waals surface area contributed by atoms with E-state index in [-0.39, 0.29) is 0 Å². The number of halogens is 1. The molecule has 0 fully saturated rings. The van der Waals surface area contributed by atoms with Gasteiger partial charge in [-0.15, -0.1) is 10.2 Å².